The number of rotatable bonds is 4. The van der Waals surface area contributed by atoms with E-state index < -0.39 is 0 Å². The van der Waals surface area contributed by atoms with Crippen LogP contribution in [0.15, 0.2) is 160 Å². The molecular formula is C45H25N3O2S. The van der Waals surface area contributed by atoms with Gasteiger partial charge in [0.1, 0.15) is 22.3 Å². The highest BCUT2D eigenvalue weighted by Gasteiger charge is 2.20. The fourth-order valence-electron chi connectivity index (χ4n) is 7.37. The van der Waals surface area contributed by atoms with E-state index in [-0.39, 0.29) is 0 Å². The summed E-state index contributed by atoms with van der Waals surface area (Å²) in [5, 5.41) is 6.75. The van der Waals surface area contributed by atoms with Crippen molar-refractivity contribution in [2.75, 3.05) is 0 Å². The highest BCUT2D eigenvalue weighted by Crippen LogP contribution is 2.44. The Balaban J connectivity index is 1.10. The van der Waals surface area contributed by atoms with Gasteiger partial charge >= 0.3 is 0 Å². The molecule has 0 N–H and O–H groups in total. The molecule has 51 heavy (non-hydrogen) atoms. The Morgan fingerprint density at radius 2 is 0.961 bits per heavy atom. The third-order valence-corrected chi connectivity index (χ3v) is 11.0. The van der Waals surface area contributed by atoms with Gasteiger partial charge in [-0.3, -0.25) is 0 Å². The van der Waals surface area contributed by atoms with Gasteiger partial charge in [0, 0.05) is 64.0 Å². The summed E-state index contributed by atoms with van der Waals surface area (Å²) in [7, 11) is 0. The first-order chi connectivity index (χ1) is 25.3. The van der Waals surface area contributed by atoms with Crippen molar-refractivity contribution in [1.29, 1.82) is 0 Å². The second-order valence-corrected chi connectivity index (χ2v) is 13.8. The Morgan fingerprint density at radius 3 is 1.80 bits per heavy atom. The summed E-state index contributed by atoms with van der Waals surface area (Å²) in [4.78, 5) is 15.1. The minimum Gasteiger partial charge on any atom is -0.455 e. The van der Waals surface area contributed by atoms with Crippen molar-refractivity contribution in [3.63, 3.8) is 0 Å². The van der Waals surface area contributed by atoms with Crippen LogP contribution in [0.2, 0.25) is 0 Å². The lowest BCUT2D eigenvalue weighted by atomic mass is 10.00. The first-order valence-corrected chi connectivity index (χ1v) is 17.7. The molecule has 0 unspecified atom stereocenters. The van der Waals surface area contributed by atoms with Crippen molar-refractivity contribution in [1.82, 2.24) is 15.0 Å². The van der Waals surface area contributed by atoms with Crippen molar-refractivity contribution >= 4 is 75.4 Å². The summed E-state index contributed by atoms with van der Waals surface area (Å²) in [6.07, 6.45) is 0. The van der Waals surface area contributed by atoms with Crippen molar-refractivity contribution in [3.8, 4) is 45.3 Å². The Morgan fingerprint density at radius 1 is 0.373 bits per heavy atom. The number of hydrogen-bond donors (Lipinski definition) is 0. The molecule has 0 spiro atoms. The number of para-hydroxylation sites is 3. The number of furan rings is 2. The van der Waals surface area contributed by atoms with E-state index in [1.165, 1.54) is 25.7 Å². The molecule has 5 nitrogen and oxygen atoms in total. The van der Waals surface area contributed by atoms with Crippen LogP contribution in [-0.2, 0) is 0 Å². The lowest BCUT2D eigenvalue weighted by Gasteiger charge is -2.08. The molecule has 0 aliphatic rings. The second kappa shape index (κ2) is 10.9. The number of thiophene rings is 1. The lowest BCUT2D eigenvalue weighted by molar-refractivity contribution is 0.669. The zero-order valence-corrected chi connectivity index (χ0v) is 27.8. The Labute approximate surface area is 295 Å². The first kappa shape index (κ1) is 28.2. The molecule has 11 rings (SSSR count). The molecule has 6 heteroatoms. The fraction of sp³-hybridized carbons (Fsp3) is 0. The first-order valence-electron chi connectivity index (χ1n) is 16.9. The highest BCUT2D eigenvalue weighted by molar-refractivity contribution is 7.26. The molecule has 0 bridgehead atoms. The summed E-state index contributed by atoms with van der Waals surface area (Å²) < 4.78 is 15.7. The lowest BCUT2D eigenvalue weighted by Crippen LogP contribution is -2.00. The van der Waals surface area contributed by atoms with Crippen molar-refractivity contribution in [2.45, 2.75) is 0 Å². The maximum absolute atomic E-state index is 6.76. The molecule has 0 amide bonds. The van der Waals surface area contributed by atoms with E-state index in [4.69, 9.17) is 23.8 Å². The standard InChI is InChI=1S/C45H25N3O2S/c1-2-11-26(12-3-1)43-46-44(48-45(47-43)36-20-9-16-31-28-13-4-6-21-37(28)49-41(31)36)27-23-24-29-32-15-8-17-33(40(32)50-38(29)25-27)35-19-10-18-34-30-14-5-7-22-39(30)51-42(34)35/h1-25H. The number of nitrogens with zero attached hydrogens (tertiary/aromatic N) is 3. The minimum atomic E-state index is 0.548. The van der Waals surface area contributed by atoms with Crippen LogP contribution in [0.3, 0.4) is 0 Å². The average Bonchev–Trinajstić information content (AvgIpc) is 3.89. The van der Waals surface area contributed by atoms with E-state index in [9.17, 15) is 0 Å². The van der Waals surface area contributed by atoms with Crippen LogP contribution in [-0.4, -0.2) is 15.0 Å². The minimum absolute atomic E-state index is 0.548. The van der Waals surface area contributed by atoms with E-state index >= 15 is 0 Å². The molecule has 0 fully saturated rings. The van der Waals surface area contributed by atoms with Crippen LogP contribution in [0.25, 0.3) is 109 Å². The number of fused-ring (bicyclic) bond motifs is 9. The predicted molar refractivity (Wildman–Crippen MR) is 209 cm³/mol. The summed E-state index contributed by atoms with van der Waals surface area (Å²) in [6, 6.07) is 52.1. The Bertz CT molecular complexity index is 3160. The zero-order valence-electron chi connectivity index (χ0n) is 27.0. The van der Waals surface area contributed by atoms with Gasteiger partial charge in [-0.1, -0.05) is 121 Å². The molecular weight excluding hydrogens is 647 g/mol. The van der Waals surface area contributed by atoms with Crippen molar-refractivity contribution in [3.05, 3.63) is 152 Å². The van der Waals surface area contributed by atoms with Crippen LogP contribution in [0.1, 0.15) is 0 Å². The Kier molecular flexibility index (Phi) is 6.05. The predicted octanol–water partition coefficient (Wildman–Crippen LogP) is 12.7. The van der Waals surface area contributed by atoms with Gasteiger partial charge in [-0.05, 0) is 30.3 Å². The molecule has 0 atom stereocenters. The monoisotopic (exact) mass is 671 g/mol. The van der Waals surface area contributed by atoms with Gasteiger partial charge in [0.2, 0.25) is 0 Å². The number of benzene rings is 7. The summed E-state index contributed by atoms with van der Waals surface area (Å²) >= 11 is 1.83. The van der Waals surface area contributed by atoms with E-state index in [2.05, 4.69) is 91.0 Å². The largest absolute Gasteiger partial charge is 0.455 e. The van der Waals surface area contributed by atoms with Crippen LogP contribution < -0.4 is 0 Å². The summed E-state index contributed by atoms with van der Waals surface area (Å²) in [6.45, 7) is 0. The normalized spacial score (nSPS) is 11.9. The van der Waals surface area contributed by atoms with Gasteiger partial charge in [0.15, 0.2) is 17.5 Å². The summed E-state index contributed by atoms with van der Waals surface area (Å²) in [5.41, 5.74) is 8.04. The van der Waals surface area contributed by atoms with E-state index in [1.54, 1.807) is 0 Å². The fourth-order valence-corrected chi connectivity index (χ4v) is 8.60. The van der Waals surface area contributed by atoms with Crippen LogP contribution in [0.5, 0.6) is 0 Å². The van der Waals surface area contributed by atoms with E-state index in [0.29, 0.717) is 17.5 Å². The zero-order chi connectivity index (χ0) is 33.5. The molecule has 238 valence electrons. The van der Waals surface area contributed by atoms with Gasteiger partial charge in [-0.25, -0.2) is 15.0 Å². The van der Waals surface area contributed by atoms with Crippen molar-refractivity contribution < 1.29 is 8.83 Å². The molecule has 4 heterocycles. The van der Waals surface area contributed by atoms with E-state index in [0.717, 1.165) is 66.1 Å². The number of hydrogen-bond acceptors (Lipinski definition) is 6. The molecule has 0 aliphatic heterocycles. The quantitative estimate of drug-likeness (QED) is 0.186. The van der Waals surface area contributed by atoms with Gasteiger partial charge in [-0.15, -0.1) is 11.3 Å². The third-order valence-electron chi connectivity index (χ3n) is 9.76. The maximum Gasteiger partial charge on any atom is 0.167 e. The summed E-state index contributed by atoms with van der Waals surface area (Å²) in [5.74, 6) is 1.70. The van der Waals surface area contributed by atoms with E-state index in [1.807, 2.05) is 72.0 Å². The molecule has 0 radical (unpaired) electrons. The van der Waals surface area contributed by atoms with Crippen LogP contribution in [0.4, 0.5) is 0 Å². The second-order valence-electron chi connectivity index (χ2n) is 12.7. The van der Waals surface area contributed by atoms with Crippen LogP contribution >= 0.6 is 11.3 Å². The molecule has 11 aromatic rings. The van der Waals surface area contributed by atoms with Gasteiger partial charge in [0.25, 0.3) is 0 Å². The average molecular weight is 672 g/mol. The highest BCUT2D eigenvalue weighted by atomic mass is 32.1. The molecule has 0 saturated carbocycles. The van der Waals surface area contributed by atoms with Gasteiger partial charge in [0.05, 0.1) is 5.56 Å². The van der Waals surface area contributed by atoms with Crippen LogP contribution in [0, 0.1) is 0 Å². The van der Waals surface area contributed by atoms with Crippen molar-refractivity contribution in [2.24, 2.45) is 0 Å². The number of aromatic nitrogens is 3. The third kappa shape index (κ3) is 4.37. The topological polar surface area (TPSA) is 65.0 Å². The molecule has 7 aromatic carbocycles. The molecule has 0 aliphatic carbocycles. The smallest absolute Gasteiger partial charge is 0.167 e. The van der Waals surface area contributed by atoms with Gasteiger partial charge in [-0.2, -0.15) is 0 Å². The maximum atomic E-state index is 6.76. The Hall–Kier alpha value is -6.63. The van der Waals surface area contributed by atoms with Gasteiger partial charge < -0.3 is 8.83 Å². The molecule has 4 aromatic heterocycles. The molecule has 0 saturated heterocycles. The SMILES string of the molecule is c1ccc(-c2nc(-c3ccc4c(c3)oc3c(-c5cccc6c5sc5ccccc56)cccc34)nc(-c3cccc4c3oc3ccccc34)n2)cc1.